The fourth-order valence-electron chi connectivity index (χ4n) is 4.17. The number of hydrogen-bond donors (Lipinski definition) is 0. The van der Waals surface area contributed by atoms with Crippen LogP contribution < -0.4 is 0 Å². The predicted molar refractivity (Wildman–Crippen MR) is 115 cm³/mol. The van der Waals surface area contributed by atoms with E-state index in [0.717, 1.165) is 0 Å². The van der Waals surface area contributed by atoms with Crippen molar-refractivity contribution >= 4 is 0 Å². The first-order valence-corrected chi connectivity index (χ1v) is 11.0. The Labute approximate surface area is 158 Å². The molecule has 0 heterocycles. The molecule has 1 atom stereocenters. The van der Waals surface area contributed by atoms with E-state index in [0.29, 0.717) is 5.92 Å². The summed E-state index contributed by atoms with van der Waals surface area (Å²) in [5.74, 6) is 0.676. The molecule has 1 rings (SSSR count). The van der Waals surface area contributed by atoms with Gasteiger partial charge < -0.3 is 0 Å². The Kier molecular flexibility index (Phi) is 9.83. The lowest BCUT2D eigenvalue weighted by Gasteiger charge is -2.30. The summed E-state index contributed by atoms with van der Waals surface area (Å²) in [4.78, 5) is 0. The average molecular weight is 345 g/mol. The standard InChI is InChI=1S/C25H44/c1-8-11-13-16-21-18-22(17-14-12-9-2)24(25(5,6)7)23(19-21)20(4)15-10-3/h18-20H,8-17H2,1-7H3. The zero-order valence-corrected chi connectivity index (χ0v) is 18.3. The molecule has 0 aromatic heterocycles. The van der Waals surface area contributed by atoms with Crippen LogP contribution in [0.2, 0.25) is 0 Å². The van der Waals surface area contributed by atoms with Crippen molar-refractivity contribution < 1.29 is 0 Å². The molecule has 0 amide bonds. The molecule has 1 aromatic carbocycles. The highest BCUT2D eigenvalue weighted by molar-refractivity contribution is 5.45. The zero-order chi connectivity index (χ0) is 18.9. The highest BCUT2D eigenvalue weighted by atomic mass is 14.3. The second kappa shape index (κ2) is 11.0. The third-order valence-corrected chi connectivity index (χ3v) is 5.43. The molecule has 0 saturated carbocycles. The molecule has 0 spiro atoms. The van der Waals surface area contributed by atoms with Crippen molar-refractivity contribution in [3.8, 4) is 0 Å². The molecule has 0 fully saturated rings. The molecule has 0 aliphatic heterocycles. The molecule has 144 valence electrons. The van der Waals surface area contributed by atoms with Gasteiger partial charge in [0, 0.05) is 0 Å². The number of aryl methyl sites for hydroxylation is 2. The fraction of sp³-hybridized carbons (Fsp3) is 0.760. The SMILES string of the molecule is CCCCCc1cc(CCCCC)c(C(C)(C)C)c(C(C)CCC)c1. The van der Waals surface area contributed by atoms with Gasteiger partial charge in [0.15, 0.2) is 0 Å². The van der Waals surface area contributed by atoms with E-state index in [1.165, 1.54) is 64.2 Å². The zero-order valence-electron chi connectivity index (χ0n) is 18.3. The van der Waals surface area contributed by atoms with E-state index in [2.05, 4.69) is 60.6 Å². The summed E-state index contributed by atoms with van der Waals surface area (Å²) in [6.07, 6.45) is 13.1. The first kappa shape index (κ1) is 22.3. The van der Waals surface area contributed by atoms with Crippen molar-refractivity contribution in [1.29, 1.82) is 0 Å². The third kappa shape index (κ3) is 7.16. The van der Waals surface area contributed by atoms with E-state index >= 15 is 0 Å². The Balaban J connectivity index is 3.30. The summed E-state index contributed by atoms with van der Waals surface area (Å²) in [7, 11) is 0. The molecule has 0 saturated heterocycles. The van der Waals surface area contributed by atoms with Crippen LogP contribution in [0, 0.1) is 0 Å². The fourth-order valence-corrected chi connectivity index (χ4v) is 4.17. The van der Waals surface area contributed by atoms with Crippen LogP contribution in [0.3, 0.4) is 0 Å². The second-order valence-corrected chi connectivity index (χ2v) is 9.07. The van der Waals surface area contributed by atoms with Gasteiger partial charge in [-0.3, -0.25) is 0 Å². The number of unbranched alkanes of at least 4 members (excludes halogenated alkanes) is 4. The van der Waals surface area contributed by atoms with Gasteiger partial charge >= 0.3 is 0 Å². The molecule has 0 aliphatic rings. The van der Waals surface area contributed by atoms with E-state index in [1.807, 2.05) is 0 Å². The minimum absolute atomic E-state index is 0.237. The van der Waals surface area contributed by atoms with Crippen molar-refractivity contribution in [2.75, 3.05) is 0 Å². The van der Waals surface area contributed by atoms with Gasteiger partial charge in [-0.05, 0) is 65.7 Å². The Morgan fingerprint density at radius 1 is 0.800 bits per heavy atom. The van der Waals surface area contributed by atoms with Crippen LogP contribution >= 0.6 is 0 Å². The molecule has 1 aromatic rings. The maximum atomic E-state index is 2.57. The Hall–Kier alpha value is -0.780. The average Bonchev–Trinajstić information content (AvgIpc) is 2.54. The lowest BCUT2D eigenvalue weighted by Crippen LogP contribution is -2.19. The van der Waals surface area contributed by atoms with Crippen LogP contribution in [0.1, 0.15) is 128 Å². The number of rotatable bonds is 11. The molecule has 0 aliphatic carbocycles. The topological polar surface area (TPSA) is 0 Å². The molecule has 1 unspecified atom stereocenters. The van der Waals surface area contributed by atoms with Crippen LogP contribution in [0.15, 0.2) is 12.1 Å². The number of hydrogen-bond acceptors (Lipinski definition) is 0. The highest BCUT2D eigenvalue weighted by Gasteiger charge is 2.24. The number of benzene rings is 1. The lowest BCUT2D eigenvalue weighted by molar-refractivity contribution is 0.552. The minimum Gasteiger partial charge on any atom is -0.0654 e. The molecule has 0 N–H and O–H groups in total. The Morgan fingerprint density at radius 2 is 1.40 bits per heavy atom. The van der Waals surface area contributed by atoms with Crippen molar-refractivity contribution in [3.63, 3.8) is 0 Å². The minimum atomic E-state index is 0.237. The van der Waals surface area contributed by atoms with E-state index in [1.54, 1.807) is 22.3 Å². The van der Waals surface area contributed by atoms with E-state index in [4.69, 9.17) is 0 Å². The van der Waals surface area contributed by atoms with Crippen molar-refractivity contribution in [2.24, 2.45) is 0 Å². The van der Waals surface area contributed by atoms with Gasteiger partial charge in [0.05, 0.1) is 0 Å². The van der Waals surface area contributed by atoms with Crippen LogP contribution in [0.5, 0.6) is 0 Å². The molecular weight excluding hydrogens is 300 g/mol. The maximum Gasteiger partial charge on any atom is -0.0126 e. The Bertz CT molecular complexity index is 489. The quantitative estimate of drug-likeness (QED) is 0.354. The van der Waals surface area contributed by atoms with Gasteiger partial charge in [-0.15, -0.1) is 0 Å². The van der Waals surface area contributed by atoms with Gasteiger partial charge in [-0.25, -0.2) is 0 Å². The second-order valence-electron chi connectivity index (χ2n) is 9.07. The van der Waals surface area contributed by atoms with Crippen molar-refractivity contribution in [1.82, 2.24) is 0 Å². The lowest BCUT2D eigenvalue weighted by atomic mass is 9.75. The van der Waals surface area contributed by atoms with Crippen LogP contribution in [0.25, 0.3) is 0 Å². The summed E-state index contributed by atoms with van der Waals surface area (Å²) in [5.41, 5.74) is 6.78. The smallest absolute Gasteiger partial charge is 0.0126 e. The monoisotopic (exact) mass is 344 g/mol. The molecule has 0 bridgehead atoms. The van der Waals surface area contributed by atoms with E-state index in [-0.39, 0.29) is 5.41 Å². The molecule has 0 nitrogen and oxygen atoms in total. The molecule has 25 heavy (non-hydrogen) atoms. The normalized spacial score (nSPS) is 13.2. The van der Waals surface area contributed by atoms with Gasteiger partial charge in [0.25, 0.3) is 0 Å². The van der Waals surface area contributed by atoms with E-state index < -0.39 is 0 Å². The largest absolute Gasteiger partial charge is 0.0654 e. The molecule has 0 heteroatoms. The Morgan fingerprint density at radius 3 is 1.92 bits per heavy atom. The van der Waals surface area contributed by atoms with Crippen molar-refractivity contribution in [2.45, 2.75) is 124 Å². The van der Waals surface area contributed by atoms with Gasteiger partial charge in [0.1, 0.15) is 0 Å². The summed E-state index contributed by atoms with van der Waals surface area (Å²) in [6.45, 7) is 16.6. The predicted octanol–water partition coefficient (Wildman–Crippen LogP) is 8.35. The van der Waals surface area contributed by atoms with Crippen LogP contribution in [-0.4, -0.2) is 0 Å². The van der Waals surface area contributed by atoms with Gasteiger partial charge in [-0.2, -0.15) is 0 Å². The van der Waals surface area contributed by atoms with Crippen LogP contribution in [0.4, 0.5) is 0 Å². The summed E-state index contributed by atoms with van der Waals surface area (Å²) < 4.78 is 0. The third-order valence-electron chi connectivity index (χ3n) is 5.43. The van der Waals surface area contributed by atoms with Crippen LogP contribution in [-0.2, 0) is 18.3 Å². The maximum absolute atomic E-state index is 2.57. The summed E-state index contributed by atoms with van der Waals surface area (Å²) in [6, 6.07) is 5.13. The van der Waals surface area contributed by atoms with Gasteiger partial charge in [-0.1, -0.05) is 92.7 Å². The molecular formula is C25H44. The molecule has 0 radical (unpaired) electrons. The summed E-state index contributed by atoms with van der Waals surface area (Å²) in [5, 5.41) is 0. The van der Waals surface area contributed by atoms with Gasteiger partial charge in [0.2, 0.25) is 0 Å². The van der Waals surface area contributed by atoms with Crippen molar-refractivity contribution in [3.05, 3.63) is 34.4 Å². The van der Waals surface area contributed by atoms with E-state index in [9.17, 15) is 0 Å². The first-order valence-electron chi connectivity index (χ1n) is 11.0. The first-order chi connectivity index (χ1) is 11.8. The summed E-state index contributed by atoms with van der Waals surface area (Å²) >= 11 is 0. The highest BCUT2D eigenvalue weighted by Crippen LogP contribution is 2.37.